The summed E-state index contributed by atoms with van der Waals surface area (Å²) in [6.07, 6.45) is 10.2. The van der Waals surface area contributed by atoms with Gasteiger partial charge < -0.3 is 25.2 Å². The molecule has 44 heavy (non-hydrogen) atoms. The summed E-state index contributed by atoms with van der Waals surface area (Å²) in [4.78, 5) is 31.0. The number of hydrogen-bond acceptors (Lipinski definition) is 4. The van der Waals surface area contributed by atoms with E-state index in [1.165, 1.54) is 18.5 Å². The Morgan fingerprint density at radius 1 is 0.864 bits per heavy atom. The molecule has 2 fully saturated rings. The largest absolute Gasteiger partial charge is 0.489 e. The Morgan fingerprint density at radius 2 is 1.52 bits per heavy atom. The lowest BCUT2D eigenvalue weighted by molar-refractivity contribution is -0.124. The fourth-order valence-corrected chi connectivity index (χ4v) is 6.45. The van der Waals surface area contributed by atoms with Gasteiger partial charge in [0.2, 0.25) is 5.91 Å². The Hall–Kier alpha value is -3.22. The van der Waals surface area contributed by atoms with Gasteiger partial charge in [-0.1, -0.05) is 70.9 Å². The predicted octanol–water partition coefficient (Wildman–Crippen LogP) is 7.55. The molecule has 2 aliphatic rings. The summed E-state index contributed by atoms with van der Waals surface area (Å²) in [5.74, 6) is 1.79. The van der Waals surface area contributed by atoms with Crippen molar-refractivity contribution < 1.29 is 14.3 Å². The maximum atomic E-state index is 13.5. The number of nitrogens with zero attached hydrogens (tertiary/aromatic N) is 2. The van der Waals surface area contributed by atoms with Crippen LogP contribution in [0.2, 0.25) is 0 Å². The fraction of sp³-hybridized carbons (Fsp3) is 0.622. The molecular weight excluding hydrogens is 548 g/mol. The van der Waals surface area contributed by atoms with Gasteiger partial charge in [-0.25, -0.2) is 4.79 Å². The SMILES string of the molecule is CC(C)CCN(c1ccc(OCc2ccccc2)cc1)C1CCC(NC(=O)C(CC(C)C)NC(=O)N2CCCCCC2)CC1. The molecular formula is C37H56N4O3. The summed E-state index contributed by atoms with van der Waals surface area (Å²) in [5, 5.41) is 6.41. The molecule has 0 spiro atoms. The van der Waals surface area contributed by atoms with E-state index in [0.29, 0.717) is 30.9 Å². The fourth-order valence-electron chi connectivity index (χ4n) is 6.45. The minimum Gasteiger partial charge on any atom is -0.489 e. The van der Waals surface area contributed by atoms with Gasteiger partial charge in [-0.2, -0.15) is 0 Å². The van der Waals surface area contributed by atoms with E-state index in [4.69, 9.17) is 4.74 Å². The van der Waals surface area contributed by atoms with E-state index in [-0.39, 0.29) is 18.0 Å². The van der Waals surface area contributed by atoms with Crippen molar-refractivity contribution in [2.45, 2.75) is 117 Å². The molecule has 242 valence electrons. The Bertz CT molecular complexity index is 1120. The third kappa shape index (κ3) is 10.7. The number of amides is 3. The van der Waals surface area contributed by atoms with Crippen molar-refractivity contribution >= 4 is 17.6 Å². The van der Waals surface area contributed by atoms with E-state index in [0.717, 1.165) is 75.9 Å². The summed E-state index contributed by atoms with van der Waals surface area (Å²) >= 11 is 0. The van der Waals surface area contributed by atoms with Gasteiger partial charge in [-0.3, -0.25) is 4.79 Å². The lowest BCUT2D eigenvalue weighted by Gasteiger charge is -2.39. The highest BCUT2D eigenvalue weighted by Gasteiger charge is 2.30. The molecule has 1 heterocycles. The number of carbonyl (C=O) groups is 2. The minimum absolute atomic E-state index is 0.0342. The van der Waals surface area contributed by atoms with E-state index in [9.17, 15) is 9.59 Å². The number of benzene rings is 2. The van der Waals surface area contributed by atoms with Gasteiger partial charge in [0.05, 0.1) is 0 Å². The van der Waals surface area contributed by atoms with Crippen LogP contribution in [0.4, 0.5) is 10.5 Å². The van der Waals surface area contributed by atoms with Crippen molar-refractivity contribution in [2.24, 2.45) is 11.8 Å². The number of nitrogens with one attached hydrogen (secondary N) is 2. The average Bonchev–Trinajstić information content (AvgIpc) is 3.31. The summed E-state index contributed by atoms with van der Waals surface area (Å²) in [6, 6.07) is 18.8. The number of urea groups is 1. The van der Waals surface area contributed by atoms with Crippen LogP contribution in [0.3, 0.4) is 0 Å². The number of hydrogen-bond donors (Lipinski definition) is 2. The summed E-state index contributed by atoms with van der Waals surface area (Å²) in [5.41, 5.74) is 2.40. The number of anilines is 1. The molecule has 0 bridgehead atoms. The van der Waals surface area contributed by atoms with Gasteiger partial charge >= 0.3 is 6.03 Å². The molecule has 2 N–H and O–H groups in total. The lowest BCUT2D eigenvalue weighted by Crippen LogP contribution is -2.54. The molecule has 4 rings (SSSR count). The van der Waals surface area contributed by atoms with Crippen LogP contribution in [0, 0.1) is 11.8 Å². The van der Waals surface area contributed by atoms with Gasteiger partial charge in [0.1, 0.15) is 18.4 Å². The second kappa shape index (κ2) is 17.3. The Labute approximate surface area is 266 Å². The molecule has 0 aromatic heterocycles. The van der Waals surface area contributed by atoms with Crippen LogP contribution in [0.25, 0.3) is 0 Å². The van der Waals surface area contributed by atoms with Gasteiger partial charge in [0.25, 0.3) is 0 Å². The molecule has 1 unspecified atom stereocenters. The zero-order valence-corrected chi connectivity index (χ0v) is 27.6. The molecule has 2 aromatic rings. The van der Waals surface area contributed by atoms with Gasteiger partial charge in [-0.05, 0) is 93.0 Å². The maximum absolute atomic E-state index is 13.5. The number of likely N-dealkylation sites (tertiary alicyclic amines) is 1. The first-order valence-corrected chi connectivity index (χ1v) is 17.2. The van der Waals surface area contributed by atoms with E-state index in [2.05, 4.69) is 79.6 Å². The van der Waals surface area contributed by atoms with E-state index in [1.54, 1.807) is 0 Å². The summed E-state index contributed by atoms with van der Waals surface area (Å²) in [6.45, 7) is 11.9. The standard InChI is InChI=1S/C37H56N4O3/c1-28(2)22-25-41(33-18-20-34(21-19-33)44-27-30-12-8-7-9-13-30)32-16-14-31(15-17-32)38-36(42)35(26-29(3)4)39-37(43)40-23-10-5-6-11-24-40/h7-9,12-13,18-21,28-29,31-32,35H,5-6,10-11,14-17,22-27H2,1-4H3,(H,38,42)(H,39,43). The highest BCUT2D eigenvalue weighted by Crippen LogP contribution is 2.30. The van der Waals surface area contributed by atoms with Crippen LogP contribution in [-0.2, 0) is 11.4 Å². The topological polar surface area (TPSA) is 73.9 Å². The maximum Gasteiger partial charge on any atom is 0.318 e. The van der Waals surface area contributed by atoms with E-state index in [1.807, 2.05) is 23.1 Å². The van der Waals surface area contributed by atoms with Crippen molar-refractivity contribution in [3.63, 3.8) is 0 Å². The lowest BCUT2D eigenvalue weighted by atomic mass is 9.89. The van der Waals surface area contributed by atoms with Crippen molar-refractivity contribution in [1.29, 1.82) is 0 Å². The highest BCUT2D eigenvalue weighted by atomic mass is 16.5. The third-order valence-corrected chi connectivity index (χ3v) is 9.06. The number of ether oxygens (including phenoxy) is 1. The molecule has 1 aliphatic carbocycles. The molecule has 1 atom stereocenters. The first-order chi connectivity index (χ1) is 21.3. The van der Waals surface area contributed by atoms with Crippen molar-refractivity contribution in [2.75, 3.05) is 24.5 Å². The van der Waals surface area contributed by atoms with Crippen molar-refractivity contribution in [1.82, 2.24) is 15.5 Å². The zero-order chi connectivity index (χ0) is 31.3. The van der Waals surface area contributed by atoms with Crippen LogP contribution < -0.4 is 20.3 Å². The second-order valence-electron chi connectivity index (χ2n) is 13.7. The average molecular weight is 605 g/mol. The third-order valence-electron chi connectivity index (χ3n) is 9.06. The normalized spacial score (nSPS) is 19.7. The molecule has 7 heteroatoms. The first-order valence-electron chi connectivity index (χ1n) is 17.2. The van der Waals surface area contributed by atoms with Crippen LogP contribution in [0.5, 0.6) is 5.75 Å². The van der Waals surface area contributed by atoms with E-state index >= 15 is 0 Å². The van der Waals surface area contributed by atoms with Crippen LogP contribution in [0.1, 0.15) is 97.5 Å². The first kappa shape index (κ1) is 33.7. The number of carbonyl (C=O) groups excluding carboxylic acids is 2. The second-order valence-corrected chi connectivity index (χ2v) is 13.7. The van der Waals surface area contributed by atoms with Gasteiger partial charge in [0.15, 0.2) is 0 Å². The molecule has 1 saturated carbocycles. The monoisotopic (exact) mass is 604 g/mol. The molecule has 3 amide bonds. The molecule has 2 aromatic carbocycles. The summed E-state index contributed by atoms with van der Waals surface area (Å²) in [7, 11) is 0. The molecule has 1 aliphatic heterocycles. The quantitative estimate of drug-likeness (QED) is 0.248. The summed E-state index contributed by atoms with van der Waals surface area (Å²) < 4.78 is 6.04. The predicted molar refractivity (Wildman–Crippen MR) is 180 cm³/mol. The Kier molecular flexibility index (Phi) is 13.2. The number of rotatable bonds is 13. The van der Waals surface area contributed by atoms with Crippen LogP contribution >= 0.6 is 0 Å². The Morgan fingerprint density at radius 3 is 2.14 bits per heavy atom. The van der Waals surface area contributed by atoms with Crippen LogP contribution in [-0.4, -0.2) is 54.6 Å². The van der Waals surface area contributed by atoms with E-state index < -0.39 is 6.04 Å². The smallest absolute Gasteiger partial charge is 0.318 e. The molecule has 1 saturated heterocycles. The van der Waals surface area contributed by atoms with Gasteiger partial charge in [-0.15, -0.1) is 0 Å². The van der Waals surface area contributed by atoms with Gasteiger partial charge in [0, 0.05) is 37.4 Å². The molecule has 0 radical (unpaired) electrons. The highest BCUT2D eigenvalue weighted by molar-refractivity contribution is 5.87. The minimum atomic E-state index is -0.492. The Balaban J connectivity index is 1.32. The zero-order valence-electron chi connectivity index (χ0n) is 27.6. The van der Waals surface area contributed by atoms with Crippen molar-refractivity contribution in [3.8, 4) is 5.75 Å². The van der Waals surface area contributed by atoms with Crippen molar-refractivity contribution in [3.05, 3.63) is 60.2 Å². The van der Waals surface area contributed by atoms with Crippen LogP contribution in [0.15, 0.2) is 54.6 Å². The molecule has 7 nitrogen and oxygen atoms in total.